The minimum absolute atomic E-state index is 0.247. The summed E-state index contributed by atoms with van der Waals surface area (Å²) in [6, 6.07) is 22.3. The van der Waals surface area contributed by atoms with E-state index in [1.165, 1.54) is 48.4 Å². The fourth-order valence-corrected chi connectivity index (χ4v) is 3.58. The Morgan fingerprint density at radius 2 is 1.28 bits per heavy atom. The quantitative estimate of drug-likeness (QED) is 0.327. The van der Waals surface area contributed by atoms with Crippen LogP contribution in [0.3, 0.4) is 0 Å². The second-order valence-electron chi connectivity index (χ2n) is 7.55. The van der Waals surface area contributed by atoms with Gasteiger partial charge in [0.25, 0.3) is 0 Å². The van der Waals surface area contributed by atoms with Crippen molar-refractivity contribution in [3.8, 4) is 16.9 Å². The van der Waals surface area contributed by atoms with Gasteiger partial charge in [0.2, 0.25) is 0 Å². The second-order valence-corrected chi connectivity index (χ2v) is 7.55. The van der Waals surface area contributed by atoms with Crippen molar-refractivity contribution in [3.05, 3.63) is 89.2 Å². The molecule has 0 radical (unpaired) electrons. The number of hydrogen-bond donors (Lipinski definition) is 0. The van der Waals surface area contributed by atoms with Crippen molar-refractivity contribution >= 4 is 0 Å². The maximum Gasteiger partial charge on any atom is 0.134 e. The standard InChI is InChI=1S/C27H31FO/c1-3-5-6-7-21-8-10-22(11-9-21)12-13-23-14-16-24(17-15-23)26-19-18-25(29-4-2)20-27(26)28/h8-11,14-20H,3-7,12-13H2,1-2H3. The number of hydrogen-bond acceptors (Lipinski definition) is 1. The van der Waals surface area contributed by atoms with Crippen molar-refractivity contribution in [1.29, 1.82) is 0 Å². The van der Waals surface area contributed by atoms with Crippen molar-refractivity contribution in [1.82, 2.24) is 0 Å². The van der Waals surface area contributed by atoms with Gasteiger partial charge in [-0.15, -0.1) is 0 Å². The Hall–Kier alpha value is -2.61. The number of unbranched alkanes of at least 4 members (excludes halogenated alkanes) is 2. The molecule has 0 aliphatic heterocycles. The number of aryl methyl sites for hydroxylation is 3. The van der Waals surface area contributed by atoms with E-state index < -0.39 is 0 Å². The van der Waals surface area contributed by atoms with E-state index in [1.54, 1.807) is 6.07 Å². The molecule has 0 amide bonds. The highest BCUT2D eigenvalue weighted by molar-refractivity contribution is 5.65. The van der Waals surface area contributed by atoms with Gasteiger partial charge >= 0.3 is 0 Å². The molecule has 0 spiro atoms. The molecule has 0 aliphatic carbocycles. The zero-order valence-corrected chi connectivity index (χ0v) is 17.6. The molecule has 0 aliphatic rings. The molecule has 0 saturated carbocycles. The molecule has 29 heavy (non-hydrogen) atoms. The summed E-state index contributed by atoms with van der Waals surface area (Å²) in [7, 11) is 0. The van der Waals surface area contributed by atoms with Crippen LogP contribution >= 0.6 is 0 Å². The average molecular weight is 391 g/mol. The van der Waals surface area contributed by atoms with E-state index in [9.17, 15) is 4.39 Å². The van der Waals surface area contributed by atoms with Crippen LogP contribution in [0.4, 0.5) is 4.39 Å². The topological polar surface area (TPSA) is 9.23 Å². The van der Waals surface area contributed by atoms with Gasteiger partial charge in [-0.2, -0.15) is 0 Å². The Balaban J connectivity index is 1.57. The summed E-state index contributed by atoms with van der Waals surface area (Å²) >= 11 is 0. The zero-order chi connectivity index (χ0) is 20.5. The van der Waals surface area contributed by atoms with E-state index in [0.717, 1.165) is 18.4 Å². The summed E-state index contributed by atoms with van der Waals surface area (Å²) in [6.45, 7) is 4.67. The first kappa shape index (κ1) is 21.1. The van der Waals surface area contributed by atoms with Crippen LogP contribution in [0.1, 0.15) is 49.8 Å². The molecule has 2 heteroatoms. The van der Waals surface area contributed by atoms with Crippen molar-refractivity contribution < 1.29 is 9.13 Å². The Labute approximate surface area is 174 Å². The highest BCUT2D eigenvalue weighted by Gasteiger charge is 2.07. The fourth-order valence-electron chi connectivity index (χ4n) is 3.58. The number of ether oxygens (including phenoxy) is 1. The highest BCUT2D eigenvalue weighted by atomic mass is 19.1. The molecule has 0 heterocycles. The molecule has 1 nitrogen and oxygen atoms in total. The summed E-state index contributed by atoms with van der Waals surface area (Å²) in [5.41, 5.74) is 5.58. The van der Waals surface area contributed by atoms with Crippen LogP contribution in [0.2, 0.25) is 0 Å². The lowest BCUT2D eigenvalue weighted by molar-refractivity contribution is 0.338. The average Bonchev–Trinajstić information content (AvgIpc) is 2.74. The Morgan fingerprint density at radius 1 is 0.690 bits per heavy atom. The summed E-state index contributed by atoms with van der Waals surface area (Å²) in [5.74, 6) is 0.324. The normalized spacial score (nSPS) is 10.9. The van der Waals surface area contributed by atoms with Crippen LogP contribution in [0.5, 0.6) is 5.75 Å². The second kappa shape index (κ2) is 10.8. The summed E-state index contributed by atoms with van der Waals surface area (Å²) in [6.07, 6.45) is 7.03. The van der Waals surface area contributed by atoms with Gasteiger partial charge in [0, 0.05) is 11.6 Å². The largest absolute Gasteiger partial charge is 0.494 e. The van der Waals surface area contributed by atoms with E-state index in [1.807, 2.05) is 25.1 Å². The van der Waals surface area contributed by atoms with Crippen LogP contribution in [0.15, 0.2) is 66.7 Å². The van der Waals surface area contributed by atoms with Gasteiger partial charge in [-0.05, 0) is 67.0 Å². The van der Waals surface area contributed by atoms with Crippen molar-refractivity contribution in [2.45, 2.75) is 52.4 Å². The summed E-state index contributed by atoms with van der Waals surface area (Å²) in [5, 5.41) is 0. The third-order valence-electron chi connectivity index (χ3n) is 5.31. The lowest BCUT2D eigenvalue weighted by Crippen LogP contribution is -1.94. The maximum atomic E-state index is 14.4. The van der Waals surface area contributed by atoms with Gasteiger partial charge in [0.05, 0.1) is 6.61 Å². The molecule has 3 aromatic carbocycles. The zero-order valence-electron chi connectivity index (χ0n) is 17.6. The molecular weight excluding hydrogens is 359 g/mol. The highest BCUT2D eigenvalue weighted by Crippen LogP contribution is 2.27. The maximum absolute atomic E-state index is 14.4. The SMILES string of the molecule is CCCCCc1ccc(CCc2ccc(-c3ccc(OCC)cc3F)cc2)cc1. The predicted octanol–water partition coefficient (Wildman–Crippen LogP) is 7.41. The minimum atomic E-state index is -0.247. The molecule has 0 bridgehead atoms. The van der Waals surface area contributed by atoms with Gasteiger partial charge in [0.1, 0.15) is 11.6 Å². The molecular formula is C27H31FO. The molecule has 0 saturated heterocycles. The van der Waals surface area contributed by atoms with Crippen LogP contribution in [-0.4, -0.2) is 6.61 Å². The first-order chi connectivity index (χ1) is 14.2. The van der Waals surface area contributed by atoms with Crippen LogP contribution in [0, 0.1) is 5.82 Å². The monoisotopic (exact) mass is 390 g/mol. The Bertz CT molecular complexity index is 881. The smallest absolute Gasteiger partial charge is 0.134 e. The van der Waals surface area contributed by atoms with E-state index in [0.29, 0.717) is 17.9 Å². The molecule has 0 fully saturated rings. The van der Waals surface area contributed by atoms with Gasteiger partial charge in [-0.25, -0.2) is 4.39 Å². The third kappa shape index (κ3) is 6.19. The Kier molecular flexibility index (Phi) is 7.86. The lowest BCUT2D eigenvalue weighted by Gasteiger charge is -2.09. The molecule has 0 aromatic heterocycles. The third-order valence-corrected chi connectivity index (χ3v) is 5.31. The first-order valence-electron chi connectivity index (χ1n) is 10.8. The van der Waals surface area contributed by atoms with Crippen molar-refractivity contribution in [2.24, 2.45) is 0 Å². The first-order valence-corrected chi connectivity index (χ1v) is 10.8. The fraction of sp³-hybridized carbons (Fsp3) is 0.333. The van der Waals surface area contributed by atoms with E-state index >= 15 is 0 Å². The minimum Gasteiger partial charge on any atom is -0.494 e. The summed E-state index contributed by atoms with van der Waals surface area (Å²) < 4.78 is 19.7. The molecule has 0 N–H and O–H groups in total. The van der Waals surface area contributed by atoms with Crippen LogP contribution < -0.4 is 4.74 Å². The van der Waals surface area contributed by atoms with Crippen molar-refractivity contribution in [3.63, 3.8) is 0 Å². The molecule has 3 aromatic rings. The number of benzene rings is 3. The lowest BCUT2D eigenvalue weighted by atomic mass is 9.99. The molecule has 152 valence electrons. The van der Waals surface area contributed by atoms with E-state index in [-0.39, 0.29) is 5.82 Å². The molecule has 3 rings (SSSR count). The number of halogens is 1. The number of rotatable bonds is 10. The van der Waals surface area contributed by atoms with Gasteiger partial charge in [0.15, 0.2) is 0 Å². The Morgan fingerprint density at radius 3 is 1.83 bits per heavy atom. The van der Waals surface area contributed by atoms with E-state index in [4.69, 9.17) is 4.74 Å². The van der Waals surface area contributed by atoms with Crippen molar-refractivity contribution in [2.75, 3.05) is 6.61 Å². The summed E-state index contributed by atoms with van der Waals surface area (Å²) in [4.78, 5) is 0. The van der Waals surface area contributed by atoms with Gasteiger partial charge in [-0.3, -0.25) is 0 Å². The predicted molar refractivity (Wildman–Crippen MR) is 120 cm³/mol. The van der Waals surface area contributed by atoms with Gasteiger partial charge in [-0.1, -0.05) is 68.3 Å². The molecule has 0 unspecified atom stereocenters. The van der Waals surface area contributed by atoms with Crippen LogP contribution in [-0.2, 0) is 19.3 Å². The van der Waals surface area contributed by atoms with Gasteiger partial charge < -0.3 is 4.74 Å². The van der Waals surface area contributed by atoms with E-state index in [2.05, 4.69) is 43.3 Å². The molecule has 0 atom stereocenters. The van der Waals surface area contributed by atoms with Crippen LogP contribution in [0.25, 0.3) is 11.1 Å².